The first-order valence-electron chi connectivity index (χ1n) is 5.30. The second-order valence-electron chi connectivity index (χ2n) is 4.09. The van der Waals surface area contributed by atoms with Gasteiger partial charge in [-0.25, -0.2) is 4.98 Å². The monoisotopic (exact) mass is 239 g/mol. The van der Waals surface area contributed by atoms with Crippen LogP contribution in [-0.2, 0) is 4.79 Å². The molecule has 1 aliphatic rings. The number of hydrogen-bond acceptors (Lipinski definition) is 3. The summed E-state index contributed by atoms with van der Waals surface area (Å²) in [5, 5.41) is 6.55. The third-order valence-corrected chi connectivity index (χ3v) is 3.06. The van der Waals surface area contributed by atoms with Crippen LogP contribution in [0.1, 0.15) is 6.92 Å². The van der Waals surface area contributed by atoms with Crippen molar-refractivity contribution in [1.82, 2.24) is 10.3 Å². The highest BCUT2D eigenvalue weighted by molar-refractivity contribution is 6.30. The molecule has 1 amide bonds. The van der Waals surface area contributed by atoms with Gasteiger partial charge in [0, 0.05) is 17.8 Å². The first kappa shape index (κ1) is 11.4. The van der Waals surface area contributed by atoms with Crippen LogP contribution in [0.15, 0.2) is 18.3 Å². The number of hydrogen-bond donors (Lipinski definition) is 2. The number of nitrogens with one attached hydrogen (secondary N) is 2. The molecule has 1 fully saturated rings. The molecule has 0 saturated carbocycles. The normalized spacial score (nSPS) is 24.4. The third kappa shape index (κ3) is 2.51. The van der Waals surface area contributed by atoms with Crippen LogP contribution in [0.25, 0.3) is 0 Å². The molecule has 2 rings (SSSR count). The Kier molecular flexibility index (Phi) is 3.41. The summed E-state index contributed by atoms with van der Waals surface area (Å²) in [6.07, 6.45) is 1.58. The van der Waals surface area contributed by atoms with Gasteiger partial charge in [0.25, 0.3) is 0 Å². The topological polar surface area (TPSA) is 54.0 Å². The summed E-state index contributed by atoms with van der Waals surface area (Å²) in [4.78, 5) is 15.9. The lowest BCUT2D eigenvalue weighted by Gasteiger charge is -2.13. The summed E-state index contributed by atoms with van der Waals surface area (Å²) in [6, 6.07) is 3.32. The van der Waals surface area contributed by atoms with Gasteiger partial charge in [-0.3, -0.25) is 4.79 Å². The summed E-state index contributed by atoms with van der Waals surface area (Å²) in [5.41, 5.74) is 0. The highest BCUT2D eigenvalue weighted by Crippen LogP contribution is 2.18. The summed E-state index contributed by atoms with van der Waals surface area (Å²) >= 11 is 5.81. The van der Waals surface area contributed by atoms with E-state index in [-0.39, 0.29) is 11.8 Å². The van der Waals surface area contributed by atoms with Crippen molar-refractivity contribution in [3.8, 4) is 0 Å². The molecular weight excluding hydrogens is 226 g/mol. The maximum absolute atomic E-state index is 11.9. The number of carbonyl (C=O) groups is 1. The highest BCUT2D eigenvalue weighted by atomic mass is 35.5. The number of halogens is 1. The van der Waals surface area contributed by atoms with Gasteiger partial charge in [0.2, 0.25) is 5.91 Å². The molecule has 1 saturated heterocycles. The maximum atomic E-state index is 11.9. The molecule has 1 aromatic rings. The first-order chi connectivity index (χ1) is 7.66. The fraction of sp³-hybridized carbons (Fsp3) is 0.455. The van der Waals surface area contributed by atoms with Crippen LogP contribution in [0.4, 0.5) is 5.82 Å². The number of amides is 1. The Morgan fingerprint density at radius 1 is 1.62 bits per heavy atom. The van der Waals surface area contributed by atoms with E-state index in [1.807, 2.05) is 0 Å². The second kappa shape index (κ2) is 4.80. The standard InChI is InChI=1S/C11H14ClN3O/c1-7-5-13-6-9(7)11(16)15-10-4-8(12)2-3-14-10/h2-4,7,9,13H,5-6H2,1H3,(H,14,15,16). The van der Waals surface area contributed by atoms with Crippen molar-refractivity contribution in [2.24, 2.45) is 11.8 Å². The third-order valence-electron chi connectivity index (χ3n) is 2.83. The smallest absolute Gasteiger partial charge is 0.230 e. The van der Waals surface area contributed by atoms with Crippen LogP contribution >= 0.6 is 11.6 Å². The van der Waals surface area contributed by atoms with E-state index in [1.165, 1.54) is 0 Å². The van der Waals surface area contributed by atoms with E-state index in [9.17, 15) is 4.79 Å². The molecule has 5 heteroatoms. The Labute approximate surface area is 99.4 Å². The zero-order chi connectivity index (χ0) is 11.5. The zero-order valence-corrected chi connectivity index (χ0v) is 9.79. The molecular formula is C11H14ClN3O. The van der Waals surface area contributed by atoms with Crippen LogP contribution in [0.5, 0.6) is 0 Å². The minimum absolute atomic E-state index is 0.00673. The van der Waals surface area contributed by atoms with E-state index >= 15 is 0 Å². The van der Waals surface area contributed by atoms with Crippen LogP contribution < -0.4 is 10.6 Å². The van der Waals surface area contributed by atoms with Gasteiger partial charge in [-0.05, 0) is 24.6 Å². The second-order valence-corrected chi connectivity index (χ2v) is 4.53. The predicted molar refractivity (Wildman–Crippen MR) is 63.4 cm³/mol. The molecule has 2 heterocycles. The van der Waals surface area contributed by atoms with Crippen molar-refractivity contribution in [2.75, 3.05) is 18.4 Å². The van der Waals surface area contributed by atoms with E-state index in [0.717, 1.165) is 13.1 Å². The number of anilines is 1. The van der Waals surface area contributed by atoms with E-state index in [1.54, 1.807) is 18.3 Å². The molecule has 0 radical (unpaired) electrons. The summed E-state index contributed by atoms with van der Waals surface area (Å²) < 4.78 is 0. The summed E-state index contributed by atoms with van der Waals surface area (Å²) in [5.74, 6) is 0.892. The lowest BCUT2D eigenvalue weighted by Crippen LogP contribution is -2.28. The zero-order valence-electron chi connectivity index (χ0n) is 9.03. The lowest BCUT2D eigenvalue weighted by atomic mass is 9.97. The molecule has 2 unspecified atom stereocenters. The van der Waals surface area contributed by atoms with E-state index in [0.29, 0.717) is 16.8 Å². The molecule has 2 N–H and O–H groups in total. The number of rotatable bonds is 2. The number of pyridine rings is 1. The van der Waals surface area contributed by atoms with Crippen molar-refractivity contribution in [1.29, 1.82) is 0 Å². The molecule has 0 aromatic carbocycles. The Morgan fingerprint density at radius 2 is 2.44 bits per heavy atom. The fourth-order valence-corrected chi connectivity index (χ4v) is 2.01. The van der Waals surface area contributed by atoms with Crippen molar-refractivity contribution >= 4 is 23.3 Å². The van der Waals surface area contributed by atoms with Crippen LogP contribution in [0.3, 0.4) is 0 Å². The van der Waals surface area contributed by atoms with Crippen molar-refractivity contribution < 1.29 is 4.79 Å². The van der Waals surface area contributed by atoms with Gasteiger partial charge < -0.3 is 10.6 Å². The van der Waals surface area contributed by atoms with Crippen LogP contribution in [-0.4, -0.2) is 24.0 Å². The molecule has 1 aromatic heterocycles. The van der Waals surface area contributed by atoms with Crippen LogP contribution in [0, 0.1) is 11.8 Å². The summed E-state index contributed by atoms with van der Waals surface area (Å²) in [7, 11) is 0. The Hall–Kier alpha value is -1.13. The predicted octanol–water partition coefficient (Wildman–Crippen LogP) is 1.53. The molecule has 16 heavy (non-hydrogen) atoms. The highest BCUT2D eigenvalue weighted by Gasteiger charge is 2.29. The molecule has 86 valence electrons. The first-order valence-corrected chi connectivity index (χ1v) is 5.68. The van der Waals surface area contributed by atoms with Crippen molar-refractivity contribution in [3.05, 3.63) is 23.4 Å². The number of nitrogens with zero attached hydrogens (tertiary/aromatic N) is 1. The van der Waals surface area contributed by atoms with Crippen molar-refractivity contribution in [3.63, 3.8) is 0 Å². The Balaban J connectivity index is 2.02. The van der Waals surface area contributed by atoms with Gasteiger partial charge in [-0.1, -0.05) is 18.5 Å². The van der Waals surface area contributed by atoms with Gasteiger partial charge in [0.15, 0.2) is 0 Å². The van der Waals surface area contributed by atoms with Gasteiger partial charge in [-0.2, -0.15) is 0 Å². The minimum atomic E-state index is 0.00673. The molecule has 0 bridgehead atoms. The number of aromatic nitrogens is 1. The van der Waals surface area contributed by atoms with Crippen molar-refractivity contribution in [2.45, 2.75) is 6.92 Å². The summed E-state index contributed by atoms with van der Waals surface area (Å²) in [6.45, 7) is 3.68. The molecule has 0 spiro atoms. The Bertz CT molecular complexity index is 397. The van der Waals surface area contributed by atoms with Crippen LogP contribution in [0.2, 0.25) is 5.02 Å². The lowest BCUT2D eigenvalue weighted by molar-refractivity contribution is -0.120. The quantitative estimate of drug-likeness (QED) is 0.823. The van der Waals surface area contributed by atoms with E-state index < -0.39 is 0 Å². The number of carbonyl (C=O) groups excluding carboxylic acids is 1. The SMILES string of the molecule is CC1CNCC1C(=O)Nc1cc(Cl)ccn1. The Morgan fingerprint density at radius 3 is 3.06 bits per heavy atom. The minimum Gasteiger partial charge on any atom is -0.316 e. The molecule has 2 atom stereocenters. The van der Waals surface area contributed by atoms with Gasteiger partial charge >= 0.3 is 0 Å². The van der Waals surface area contributed by atoms with Gasteiger partial charge in [0.1, 0.15) is 5.82 Å². The fourth-order valence-electron chi connectivity index (χ4n) is 1.85. The van der Waals surface area contributed by atoms with E-state index in [4.69, 9.17) is 11.6 Å². The van der Waals surface area contributed by atoms with Gasteiger partial charge in [0.05, 0.1) is 5.92 Å². The van der Waals surface area contributed by atoms with Gasteiger partial charge in [-0.15, -0.1) is 0 Å². The molecule has 0 aliphatic carbocycles. The average Bonchev–Trinajstić information content (AvgIpc) is 2.64. The maximum Gasteiger partial charge on any atom is 0.230 e. The average molecular weight is 240 g/mol. The van der Waals surface area contributed by atoms with E-state index in [2.05, 4.69) is 22.5 Å². The molecule has 4 nitrogen and oxygen atoms in total. The molecule has 1 aliphatic heterocycles. The largest absolute Gasteiger partial charge is 0.316 e.